The standard InChI is InChI=1S/36CH4.Na.H2O/h36*1H4;;1H2/q;;;;;;;;;;;;;;;;;;;;;;;;;;;;;;;;;;;;+1;/p-1. The van der Waals surface area contributed by atoms with Crippen LogP contribution in [0.4, 0.5) is 0 Å². The Morgan fingerprint density at radius 3 is 0.0789 bits per heavy atom. The van der Waals surface area contributed by atoms with E-state index >= 15 is 0 Å². The SMILES string of the molecule is C.C.C.C.C.C.C.C.C.C.C.C.C.C.C.C.C.C.C.C.C.C.C.C.C.C.C.C.C.C.C.C.C.C.C.C.[Na+].[OH-]. The summed E-state index contributed by atoms with van der Waals surface area (Å²) in [5.41, 5.74) is 0. The van der Waals surface area contributed by atoms with Crippen LogP contribution in [0.2, 0.25) is 0 Å². The molecule has 0 amide bonds. The van der Waals surface area contributed by atoms with Gasteiger partial charge in [-0.25, -0.2) is 0 Å². The van der Waals surface area contributed by atoms with Crippen molar-refractivity contribution in [2.45, 2.75) is 267 Å². The molecule has 0 fully saturated rings. The summed E-state index contributed by atoms with van der Waals surface area (Å²) in [6, 6.07) is 0. The normalized spacial score (nSPS) is 0. The minimum atomic E-state index is 0. The van der Waals surface area contributed by atoms with E-state index in [0.29, 0.717) is 0 Å². The average molecular weight is 618 g/mol. The molecule has 0 spiro atoms. The summed E-state index contributed by atoms with van der Waals surface area (Å²) < 4.78 is 0. The summed E-state index contributed by atoms with van der Waals surface area (Å²) in [7, 11) is 0. The predicted octanol–water partition coefficient (Wildman–Crippen LogP) is 19.7. The van der Waals surface area contributed by atoms with E-state index < -0.39 is 0 Å². The molecule has 0 aliphatic heterocycles. The molecule has 1 N–H and O–H groups in total. The molecule has 0 unspecified atom stereocenters. The third-order valence-electron chi connectivity index (χ3n) is 0. The number of hydrogen-bond donors (Lipinski definition) is 0. The Labute approximate surface area is 301 Å². The van der Waals surface area contributed by atoms with Crippen LogP contribution in [-0.4, -0.2) is 5.48 Å². The van der Waals surface area contributed by atoms with E-state index in [1.807, 2.05) is 0 Å². The van der Waals surface area contributed by atoms with Crippen molar-refractivity contribution in [3.05, 3.63) is 0 Å². The van der Waals surface area contributed by atoms with Crippen LogP contribution >= 0.6 is 0 Å². The molecule has 0 aliphatic rings. The van der Waals surface area contributed by atoms with Gasteiger partial charge in [0.2, 0.25) is 0 Å². The van der Waals surface area contributed by atoms with Gasteiger partial charge in [0, 0.05) is 0 Å². The molecule has 0 saturated carbocycles. The fourth-order valence-electron chi connectivity index (χ4n) is 0. The Kier molecular flexibility index (Phi) is 90200000. The molecule has 2 heteroatoms. The van der Waals surface area contributed by atoms with E-state index in [2.05, 4.69) is 0 Å². The molecule has 0 saturated heterocycles. The quantitative estimate of drug-likeness (QED) is 0.249. The first-order valence-corrected chi connectivity index (χ1v) is 0. The van der Waals surface area contributed by atoms with Crippen LogP contribution in [-0.2, 0) is 0 Å². The van der Waals surface area contributed by atoms with Gasteiger partial charge in [-0.05, 0) is 0 Å². The van der Waals surface area contributed by atoms with Crippen molar-refractivity contribution in [1.82, 2.24) is 0 Å². The summed E-state index contributed by atoms with van der Waals surface area (Å²) in [6.45, 7) is 0. The molecule has 0 heterocycles. The molecule has 0 aromatic rings. The van der Waals surface area contributed by atoms with Crippen LogP contribution in [0.5, 0.6) is 0 Å². The maximum atomic E-state index is 0. The zero-order valence-corrected chi connectivity index (χ0v) is 3.45. The van der Waals surface area contributed by atoms with E-state index in [1.54, 1.807) is 0 Å². The molecular weight excluding hydrogens is 471 g/mol. The first kappa shape index (κ1) is 60900. The van der Waals surface area contributed by atoms with Gasteiger partial charge in [0.05, 0.1) is 0 Å². The van der Waals surface area contributed by atoms with Crippen LogP contribution in [0, 0.1) is 0 Å². The monoisotopic (exact) mass is 617 g/mol. The van der Waals surface area contributed by atoms with Gasteiger partial charge in [0.1, 0.15) is 0 Å². The first-order chi connectivity index (χ1) is 0. The van der Waals surface area contributed by atoms with Crippen LogP contribution in [0.15, 0.2) is 0 Å². The van der Waals surface area contributed by atoms with Crippen molar-refractivity contribution in [2.75, 3.05) is 0 Å². The van der Waals surface area contributed by atoms with E-state index in [9.17, 15) is 0 Å². The third kappa shape index (κ3) is 51900. The molecular formula is C36H145NaO. The maximum Gasteiger partial charge on any atom is 1.00 e. The minimum absolute atomic E-state index is 0. The van der Waals surface area contributed by atoms with E-state index in [4.69, 9.17) is 0 Å². The molecule has 0 atom stereocenters. The van der Waals surface area contributed by atoms with E-state index in [-0.39, 0.29) is 302 Å². The second-order valence-corrected chi connectivity index (χ2v) is 0. The molecule has 0 radical (unpaired) electrons. The summed E-state index contributed by atoms with van der Waals surface area (Å²) >= 11 is 0. The van der Waals surface area contributed by atoms with Gasteiger partial charge < -0.3 is 5.48 Å². The average Bonchev–Trinajstić information content (AvgIpc) is 0. The molecule has 1 nitrogen and oxygen atoms in total. The second kappa shape index (κ2) is 56300. The largest absolute Gasteiger partial charge is 1.00 e. The second-order valence-electron chi connectivity index (χ2n) is 0. The van der Waals surface area contributed by atoms with Crippen LogP contribution in [0.1, 0.15) is 267 Å². The molecule has 0 aliphatic carbocycles. The van der Waals surface area contributed by atoms with Crippen molar-refractivity contribution < 1.29 is 35.0 Å². The molecule has 0 aromatic carbocycles. The third-order valence-corrected chi connectivity index (χ3v) is 0. The Hall–Kier alpha value is 0.960. The summed E-state index contributed by atoms with van der Waals surface area (Å²) in [4.78, 5) is 0. The van der Waals surface area contributed by atoms with Crippen LogP contribution in [0.3, 0.4) is 0 Å². The van der Waals surface area contributed by atoms with E-state index in [0.717, 1.165) is 0 Å². The summed E-state index contributed by atoms with van der Waals surface area (Å²) in [6.07, 6.45) is 0. The van der Waals surface area contributed by atoms with Crippen molar-refractivity contribution in [3.8, 4) is 0 Å². The van der Waals surface area contributed by atoms with Crippen molar-refractivity contribution in [2.24, 2.45) is 0 Å². The Morgan fingerprint density at radius 2 is 0.0789 bits per heavy atom. The van der Waals surface area contributed by atoms with Gasteiger partial charge in [-0.15, -0.1) is 0 Å². The zero-order valence-electron chi connectivity index (χ0n) is 1.45. The first-order valence-electron chi connectivity index (χ1n) is 0. The Morgan fingerprint density at radius 1 is 0.0789 bits per heavy atom. The molecule has 0 bridgehead atoms. The Balaban J connectivity index is 0. The van der Waals surface area contributed by atoms with Gasteiger partial charge in [-0.3, -0.25) is 0 Å². The smallest absolute Gasteiger partial charge is 0.870 e. The van der Waals surface area contributed by atoms with Gasteiger partial charge in [-0.1, -0.05) is 267 Å². The summed E-state index contributed by atoms with van der Waals surface area (Å²) in [5, 5.41) is 0. The predicted molar refractivity (Wildman–Crippen MR) is 244 cm³/mol. The maximum absolute atomic E-state index is 0. The van der Waals surface area contributed by atoms with Gasteiger partial charge in [0.25, 0.3) is 0 Å². The van der Waals surface area contributed by atoms with Gasteiger partial charge in [0.15, 0.2) is 0 Å². The molecule has 0 rings (SSSR count). The van der Waals surface area contributed by atoms with Gasteiger partial charge >= 0.3 is 29.6 Å². The van der Waals surface area contributed by atoms with Crippen molar-refractivity contribution in [3.63, 3.8) is 0 Å². The number of rotatable bonds is 0. The molecule has 38 heavy (non-hydrogen) atoms. The zero-order chi connectivity index (χ0) is 0. The minimum Gasteiger partial charge on any atom is -0.870 e. The molecule has 0 aromatic heterocycles. The van der Waals surface area contributed by atoms with Crippen LogP contribution < -0.4 is 29.6 Å². The fraction of sp³-hybridized carbons (Fsp3) is 1.00. The number of hydrogen-bond acceptors (Lipinski definition) is 1. The summed E-state index contributed by atoms with van der Waals surface area (Å²) in [5.74, 6) is 0. The van der Waals surface area contributed by atoms with Gasteiger partial charge in [-0.2, -0.15) is 0 Å². The van der Waals surface area contributed by atoms with Crippen LogP contribution in [0.25, 0.3) is 0 Å². The van der Waals surface area contributed by atoms with E-state index in [1.165, 1.54) is 0 Å². The topological polar surface area (TPSA) is 30.0 Å². The fourth-order valence-corrected chi connectivity index (χ4v) is 0. The Bertz CT molecular complexity index is 13.3. The van der Waals surface area contributed by atoms with Crippen molar-refractivity contribution in [1.29, 1.82) is 0 Å². The van der Waals surface area contributed by atoms with Crippen molar-refractivity contribution >= 4 is 0 Å². The molecule has 296 valence electrons.